The second-order valence-electron chi connectivity index (χ2n) is 5.93. The van der Waals surface area contributed by atoms with Crippen LogP contribution in [0.3, 0.4) is 0 Å². The van der Waals surface area contributed by atoms with E-state index in [2.05, 4.69) is 26.2 Å². The molecule has 1 amide bonds. The van der Waals surface area contributed by atoms with Crippen LogP contribution in [0.15, 0.2) is 89.5 Å². The fourth-order valence-corrected chi connectivity index (χ4v) is 3.37. The molecule has 26 heavy (non-hydrogen) atoms. The number of carbonyl (C=O) groups excluding carboxylic acids is 1. The summed E-state index contributed by atoms with van der Waals surface area (Å²) < 4.78 is 0.896. The number of fused-ring (bicyclic) bond motifs is 1. The zero-order valence-electron chi connectivity index (χ0n) is 13.8. The maximum atomic E-state index is 12.7. The zero-order chi connectivity index (χ0) is 17.9. The van der Waals surface area contributed by atoms with Gasteiger partial charge in [-0.3, -0.25) is 9.78 Å². The SMILES string of the molecule is O=C(Nc1cc(Br)cc2cccnc12)c1ccc(-c2ccccc2)cc1. The van der Waals surface area contributed by atoms with Gasteiger partial charge in [0.15, 0.2) is 0 Å². The molecule has 0 aliphatic heterocycles. The fraction of sp³-hybridized carbons (Fsp3) is 0. The molecule has 4 aromatic rings. The standard InChI is InChI=1S/C22H15BrN2O/c23-19-13-18-7-4-12-24-21(18)20(14-19)25-22(26)17-10-8-16(9-11-17)15-5-2-1-3-6-15/h1-14H,(H,25,26). The number of pyridine rings is 1. The summed E-state index contributed by atoms with van der Waals surface area (Å²) in [6, 6.07) is 25.4. The molecule has 3 aromatic carbocycles. The summed E-state index contributed by atoms with van der Waals surface area (Å²) in [5, 5.41) is 3.94. The van der Waals surface area contributed by atoms with Gasteiger partial charge in [-0.1, -0.05) is 64.5 Å². The minimum Gasteiger partial charge on any atom is -0.320 e. The lowest BCUT2D eigenvalue weighted by Crippen LogP contribution is -2.12. The minimum atomic E-state index is -0.158. The van der Waals surface area contributed by atoms with Crippen molar-refractivity contribution in [2.24, 2.45) is 0 Å². The van der Waals surface area contributed by atoms with Gasteiger partial charge in [0.1, 0.15) is 0 Å². The van der Waals surface area contributed by atoms with Gasteiger partial charge in [-0.25, -0.2) is 0 Å². The first-order valence-electron chi connectivity index (χ1n) is 8.22. The van der Waals surface area contributed by atoms with E-state index in [1.54, 1.807) is 6.20 Å². The van der Waals surface area contributed by atoms with E-state index in [0.29, 0.717) is 11.3 Å². The van der Waals surface area contributed by atoms with Crippen LogP contribution in [-0.4, -0.2) is 10.9 Å². The topological polar surface area (TPSA) is 42.0 Å². The smallest absolute Gasteiger partial charge is 0.255 e. The predicted octanol–water partition coefficient (Wildman–Crippen LogP) is 5.92. The van der Waals surface area contributed by atoms with Gasteiger partial charge < -0.3 is 5.32 Å². The molecule has 1 heterocycles. The van der Waals surface area contributed by atoms with Crippen LogP contribution in [0.2, 0.25) is 0 Å². The number of anilines is 1. The molecule has 3 nitrogen and oxygen atoms in total. The Labute approximate surface area is 159 Å². The molecule has 0 spiro atoms. The molecule has 0 bridgehead atoms. The summed E-state index contributed by atoms with van der Waals surface area (Å²) >= 11 is 3.49. The van der Waals surface area contributed by atoms with Crippen molar-refractivity contribution in [2.75, 3.05) is 5.32 Å². The van der Waals surface area contributed by atoms with Crippen molar-refractivity contribution in [1.82, 2.24) is 4.98 Å². The van der Waals surface area contributed by atoms with Gasteiger partial charge in [0, 0.05) is 21.6 Å². The van der Waals surface area contributed by atoms with Gasteiger partial charge in [-0.15, -0.1) is 0 Å². The highest BCUT2D eigenvalue weighted by molar-refractivity contribution is 9.10. The Kier molecular flexibility index (Phi) is 4.50. The molecular weight excluding hydrogens is 388 g/mol. The third-order valence-corrected chi connectivity index (χ3v) is 4.63. The van der Waals surface area contributed by atoms with Crippen molar-refractivity contribution in [3.8, 4) is 11.1 Å². The van der Waals surface area contributed by atoms with E-state index in [1.807, 2.05) is 78.9 Å². The fourth-order valence-electron chi connectivity index (χ4n) is 2.89. The van der Waals surface area contributed by atoms with Crippen LogP contribution in [0.25, 0.3) is 22.0 Å². The van der Waals surface area contributed by atoms with E-state index in [9.17, 15) is 4.79 Å². The Hall–Kier alpha value is -2.98. The highest BCUT2D eigenvalue weighted by atomic mass is 79.9. The summed E-state index contributed by atoms with van der Waals surface area (Å²) in [7, 11) is 0. The molecular formula is C22H15BrN2O. The number of hydrogen-bond acceptors (Lipinski definition) is 2. The molecule has 4 heteroatoms. The van der Waals surface area contributed by atoms with E-state index >= 15 is 0 Å². The average Bonchev–Trinajstić information content (AvgIpc) is 2.68. The van der Waals surface area contributed by atoms with Crippen molar-refractivity contribution in [3.63, 3.8) is 0 Å². The summed E-state index contributed by atoms with van der Waals surface area (Å²) in [5.74, 6) is -0.158. The van der Waals surface area contributed by atoms with Crippen LogP contribution in [0.1, 0.15) is 10.4 Å². The highest BCUT2D eigenvalue weighted by Gasteiger charge is 2.10. The monoisotopic (exact) mass is 402 g/mol. The highest BCUT2D eigenvalue weighted by Crippen LogP contribution is 2.27. The predicted molar refractivity (Wildman–Crippen MR) is 109 cm³/mol. The number of hydrogen-bond donors (Lipinski definition) is 1. The first kappa shape index (κ1) is 16.5. The van der Waals surface area contributed by atoms with E-state index in [1.165, 1.54) is 0 Å². The molecule has 0 unspecified atom stereocenters. The molecule has 0 saturated carbocycles. The Morgan fingerprint density at radius 1 is 0.846 bits per heavy atom. The normalized spacial score (nSPS) is 10.7. The first-order valence-corrected chi connectivity index (χ1v) is 9.01. The Bertz CT molecular complexity index is 1080. The Morgan fingerprint density at radius 3 is 2.35 bits per heavy atom. The van der Waals surface area contributed by atoms with Crippen molar-refractivity contribution in [3.05, 3.63) is 95.1 Å². The van der Waals surface area contributed by atoms with Gasteiger partial charge in [-0.2, -0.15) is 0 Å². The average molecular weight is 403 g/mol. The molecule has 4 rings (SSSR count). The molecule has 0 saturated heterocycles. The first-order chi connectivity index (χ1) is 12.7. The van der Waals surface area contributed by atoms with Crippen molar-refractivity contribution >= 4 is 38.4 Å². The quantitative estimate of drug-likeness (QED) is 0.462. The van der Waals surface area contributed by atoms with Crippen LogP contribution in [0, 0.1) is 0 Å². The molecule has 1 aromatic heterocycles. The number of carbonyl (C=O) groups is 1. The van der Waals surface area contributed by atoms with E-state index < -0.39 is 0 Å². The molecule has 0 fully saturated rings. The second-order valence-corrected chi connectivity index (χ2v) is 6.84. The number of halogens is 1. The summed E-state index contributed by atoms with van der Waals surface area (Å²) in [6.07, 6.45) is 1.72. The molecule has 1 N–H and O–H groups in total. The van der Waals surface area contributed by atoms with Crippen LogP contribution >= 0.6 is 15.9 Å². The number of nitrogens with one attached hydrogen (secondary N) is 1. The van der Waals surface area contributed by atoms with Crippen LogP contribution in [-0.2, 0) is 0 Å². The summed E-state index contributed by atoms with van der Waals surface area (Å²) in [6.45, 7) is 0. The Morgan fingerprint density at radius 2 is 1.58 bits per heavy atom. The van der Waals surface area contributed by atoms with Gasteiger partial charge in [0.25, 0.3) is 5.91 Å². The molecule has 0 aliphatic rings. The zero-order valence-corrected chi connectivity index (χ0v) is 15.4. The number of amides is 1. The Balaban J connectivity index is 1.61. The number of benzene rings is 3. The van der Waals surface area contributed by atoms with Crippen LogP contribution in [0.5, 0.6) is 0 Å². The third kappa shape index (κ3) is 3.37. The molecule has 0 aliphatic carbocycles. The van der Waals surface area contributed by atoms with Crippen molar-refractivity contribution < 1.29 is 4.79 Å². The van der Waals surface area contributed by atoms with Crippen molar-refractivity contribution in [1.29, 1.82) is 0 Å². The van der Waals surface area contributed by atoms with Crippen LogP contribution < -0.4 is 5.32 Å². The molecule has 0 atom stereocenters. The lowest BCUT2D eigenvalue weighted by atomic mass is 10.0. The molecule has 0 radical (unpaired) electrons. The maximum Gasteiger partial charge on any atom is 0.255 e. The second kappa shape index (κ2) is 7.10. The minimum absolute atomic E-state index is 0.158. The lowest BCUT2D eigenvalue weighted by molar-refractivity contribution is 0.102. The number of aromatic nitrogens is 1. The summed E-state index contributed by atoms with van der Waals surface area (Å²) in [5.41, 5.74) is 4.27. The van der Waals surface area contributed by atoms with Gasteiger partial charge in [-0.05, 0) is 41.5 Å². The van der Waals surface area contributed by atoms with Gasteiger partial charge in [0.05, 0.1) is 11.2 Å². The number of rotatable bonds is 3. The number of nitrogens with zero attached hydrogens (tertiary/aromatic N) is 1. The van der Waals surface area contributed by atoms with Crippen LogP contribution in [0.4, 0.5) is 5.69 Å². The van der Waals surface area contributed by atoms with E-state index in [4.69, 9.17) is 0 Å². The molecule has 126 valence electrons. The maximum absolute atomic E-state index is 12.7. The van der Waals surface area contributed by atoms with Gasteiger partial charge >= 0.3 is 0 Å². The summed E-state index contributed by atoms with van der Waals surface area (Å²) in [4.78, 5) is 17.0. The van der Waals surface area contributed by atoms with E-state index in [0.717, 1.165) is 26.5 Å². The third-order valence-electron chi connectivity index (χ3n) is 4.17. The largest absolute Gasteiger partial charge is 0.320 e. The van der Waals surface area contributed by atoms with Crippen molar-refractivity contribution in [2.45, 2.75) is 0 Å². The lowest BCUT2D eigenvalue weighted by Gasteiger charge is -2.10. The van der Waals surface area contributed by atoms with Gasteiger partial charge in [0.2, 0.25) is 0 Å². The van der Waals surface area contributed by atoms with E-state index in [-0.39, 0.29) is 5.91 Å².